The SMILES string of the molecule is CCCOc1ccc(C(=O)N/N=C/c2cc(Br)c(Oc3ccc([N+](=O)[O-])cc3[N+](=O)[O-])c(Br)c2)cc1OCC. The van der Waals surface area contributed by atoms with E-state index in [1.54, 1.807) is 30.3 Å². The second-order valence-corrected chi connectivity index (χ2v) is 9.43. The number of rotatable bonds is 12. The minimum absolute atomic E-state index is 0.182. The predicted octanol–water partition coefficient (Wildman–Crippen LogP) is 6.77. The fourth-order valence-corrected chi connectivity index (χ4v) is 4.57. The highest BCUT2D eigenvalue weighted by Crippen LogP contribution is 2.41. The summed E-state index contributed by atoms with van der Waals surface area (Å²) in [5.41, 5.74) is 2.34. The number of hydrazone groups is 1. The van der Waals surface area contributed by atoms with Crippen molar-refractivity contribution in [2.75, 3.05) is 13.2 Å². The zero-order chi connectivity index (χ0) is 28.5. The van der Waals surface area contributed by atoms with Crippen LogP contribution in [-0.2, 0) is 0 Å². The molecule has 0 spiro atoms. The van der Waals surface area contributed by atoms with E-state index in [0.717, 1.165) is 24.6 Å². The van der Waals surface area contributed by atoms with Gasteiger partial charge in [0.15, 0.2) is 17.2 Å². The van der Waals surface area contributed by atoms with Crippen molar-refractivity contribution in [1.29, 1.82) is 0 Å². The predicted molar refractivity (Wildman–Crippen MR) is 150 cm³/mol. The summed E-state index contributed by atoms with van der Waals surface area (Å²) in [7, 11) is 0. The molecule has 1 amide bonds. The summed E-state index contributed by atoms with van der Waals surface area (Å²) in [4.78, 5) is 33.5. The molecule has 0 unspecified atom stereocenters. The van der Waals surface area contributed by atoms with Crippen LogP contribution in [0.3, 0.4) is 0 Å². The van der Waals surface area contributed by atoms with E-state index in [1.165, 1.54) is 6.21 Å². The Balaban J connectivity index is 1.75. The fourth-order valence-electron chi connectivity index (χ4n) is 3.19. The van der Waals surface area contributed by atoms with Crippen LogP contribution in [0.5, 0.6) is 23.0 Å². The second-order valence-electron chi connectivity index (χ2n) is 7.72. The molecule has 0 radical (unpaired) electrons. The Morgan fingerprint density at radius 3 is 2.26 bits per heavy atom. The molecule has 3 aromatic rings. The van der Waals surface area contributed by atoms with Crippen LogP contribution in [0.25, 0.3) is 0 Å². The third kappa shape index (κ3) is 7.74. The molecule has 39 heavy (non-hydrogen) atoms. The van der Waals surface area contributed by atoms with Crippen molar-refractivity contribution in [3.05, 3.63) is 88.8 Å². The maximum absolute atomic E-state index is 12.6. The largest absolute Gasteiger partial charge is 0.490 e. The number of halogens is 2. The minimum Gasteiger partial charge on any atom is -0.490 e. The lowest BCUT2D eigenvalue weighted by atomic mass is 10.2. The average Bonchev–Trinajstić information content (AvgIpc) is 2.90. The molecule has 204 valence electrons. The quantitative estimate of drug-likeness (QED) is 0.126. The Labute approximate surface area is 239 Å². The van der Waals surface area contributed by atoms with Gasteiger partial charge in [-0.25, -0.2) is 5.43 Å². The molecule has 0 bridgehead atoms. The Kier molecular flexibility index (Phi) is 10.3. The Hall–Kier alpha value is -4.04. The molecule has 3 rings (SSSR count). The van der Waals surface area contributed by atoms with E-state index in [4.69, 9.17) is 14.2 Å². The highest BCUT2D eigenvalue weighted by atomic mass is 79.9. The first kappa shape index (κ1) is 29.5. The third-order valence-corrected chi connectivity index (χ3v) is 6.11. The van der Waals surface area contributed by atoms with Gasteiger partial charge in [-0.1, -0.05) is 6.92 Å². The topological polar surface area (TPSA) is 155 Å². The minimum atomic E-state index is -0.767. The van der Waals surface area contributed by atoms with Gasteiger partial charge in [-0.15, -0.1) is 0 Å². The molecule has 0 atom stereocenters. The molecule has 1 N–H and O–H groups in total. The summed E-state index contributed by atoms with van der Waals surface area (Å²) in [6.07, 6.45) is 2.23. The molecule has 0 saturated heterocycles. The van der Waals surface area contributed by atoms with E-state index < -0.39 is 27.1 Å². The van der Waals surface area contributed by atoms with E-state index in [9.17, 15) is 25.0 Å². The Morgan fingerprint density at radius 2 is 1.64 bits per heavy atom. The Bertz CT molecular complexity index is 1410. The van der Waals surface area contributed by atoms with Crippen LogP contribution in [0, 0.1) is 20.2 Å². The number of nitrogens with one attached hydrogen (secondary N) is 1. The number of carbonyl (C=O) groups excluding carboxylic acids is 1. The summed E-state index contributed by atoms with van der Waals surface area (Å²) in [6.45, 7) is 4.76. The molecule has 0 aliphatic carbocycles. The van der Waals surface area contributed by atoms with Crippen molar-refractivity contribution < 1.29 is 28.9 Å². The number of nitro groups is 2. The summed E-state index contributed by atoms with van der Waals surface area (Å²) < 4.78 is 17.7. The molecule has 0 aromatic heterocycles. The van der Waals surface area contributed by atoms with Crippen molar-refractivity contribution in [2.24, 2.45) is 5.10 Å². The van der Waals surface area contributed by atoms with Crippen molar-refractivity contribution in [1.82, 2.24) is 5.43 Å². The van der Waals surface area contributed by atoms with Crippen LogP contribution >= 0.6 is 31.9 Å². The van der Waals surface area contributed by atoms with Gasteiger partial charge in [0.05, 0.1) is 44.3 Å². The normalized spacial score (nSPS) is 10.8. The van der Waals surface area contributed by atoms with Gasteiger partial charge < -0.3 is 14.2 Å². The van der Waals surface area contributed by atoms with Gasteiger partial charge >= 0.3 is 5.69 Å². The molecule has 12 nitrogen and oxygen atoms in total. The van der Waals surface area contributed by atoms with Gasteiger partial charge in [-0.05, 0) is 87.2 Å². The molecule has 0 fully saturated rings. The zero-order valence-corrected chi connectivity index (χ0v) is 23.9. The molecule has 3 aromatic carbocycles. The lowest BCUT2D eigenvalue weighted by Gasteiger charge is -2.12. The van der Waals surface area contributed by atoms with Gasteiger partial charge in [0.1, 0.15) is 0 Å². The van der Waals surface area contributed by atoms with Crippen molar-refractivity contribution >= 4 is 55.4 Å². The number of hydrogen-bond acceptors (Lipinski definition) is 9. The first-order chi connectivity index (χ1) is 18.6. The highest BCUT2D eigenvalue weighted by molar-refractivity contribution is 9.11. The van der Waals surface area contributed by atoms with E-state index in [1.807, 2.05) is 13.8 Å². The van der Waals surface area contributed by atoms with Gasteiger partial charge in [0.25, 0.3) is 11.6 Å². The number of non-ortho nitro benzene ring substituents is 1. The Morgan fingerprint density at radius 1 is 0.949 bits per heavy atom. The van der Waals surface area contributed by atoms with Crippen molar-refractivity contribution in [3.8, 4) is 23.0 Å². The van der Waals surface area contributed by atoms with Gasteiger partial charge in [-0.3, -0.25) is 25.0 Å². The first-order valence-electron chi connectivity index (χ1n) is 11.5. The number of benzene rings is 3. The van der Waals surface area contributed by atoms with Crippen LogP contribution in [0.15, 0.2) is 62.6 Å². The smallest absolute Gasteiger partial charge is 0.318 e. The van der Waals surface area contributed by atoms with E-state index in [0.29, 0.717) is 44.8 Å². The summed E-state index contributed by atoms with van der Waals surface area (Å²) in [5.74, 6) is 0.562. The van der Waals surface area contributed by atoms with Crippen LogP contribution in [-0.4, -0.2) is 35.2 Å². The molecular formula is C25H22Br2N4O8. The van der Waals surface area contributed by atoms with Crippen molar-refractivity contribution in [2.45, 2.75) is 20.3 Å². The zero-order valence-electron chi connectivity index (χ0n) is 20.7. The summed E-state index contributed by atoms with van der Waals surface area (Å²) in [5, 5.41) is 26.4. The first-order valence-corrected chi connectivity index (χ1v) is 13.1. The molecule has 0 heterocycles. The maximum Gasteiger partial charge on any atom is 0.318 e. The van der Waals surface area contributed by atoms with E-state index >= 15 is 0 Å². The van der Waals surface area contributed by atoms with E-state index in [2.05, 4.69) is 42.4 Å². The third-order valence-electron chi connectivity index (χ3n) is 4.93. The summed E-state index contributed by atoms with van der Waals surface area (Å²) >= 11 is 6.70. The number of ether oxygens (including phenoxy) is 3. The number of nitro benzene ring substituents is 2. The molecule has 14 heteroatoms. The number of nitrogens with zero attached hydrogens (tertiary/aromatic N) is 3. The van der Waals surface area contributed by atoms with Crippen LogP contribution in [0.4, 0.5) is 11.4 Å². The fraction of sp³-hybridized carbons (Fsp3) is 0.200. The van der Waals surface area contributed by atoms with E-state index in [-0.39, 0.29) is 11.5 Å². The molecule has 0 aliphatic heterocycles. The molecule has 0 aliphatic rings. The maximum atomic E-state index is 12.6. The lowest BCUT2D eigenvalue weighted by Crippen LogP contribution is -2.17. The lowest BCUT2D eigenvalue weighted by molar-refractivity contribution is -0.394. The standard InChI is InChI=1S/C25H22Br2N4O8/c1-3-9-38-22-7-5-16(12-23(22)37-4-2)25(32)29-28-14-15-10-18(26)24(19(27)11-15)39-21-8-6-17(30(33)34)13-20(21)31(35)36/h5-8,10-14H,3-4,9H2,1-2H3,(H,29,32)/b28-14+. The van der Waals surface area contributed by atoms with Crippen LogP contribution in [0.1, 0.15) is 36.2 Å². The second kappa shape index (κ2) is 13.7. The van der Waals surface area contributed by atoms with Gasteiger partial charge in [-0.2, -0.15) is 5.10 Å². The summed E-state index contributed by atoms with van der Waals surface area (Å²) in [6, 6.07) is 11.2. The average molecular weight is 666 g/mol. The van der Waals surface area contributed by atoms with Crippen LogP contribution in [0.2, 0.25) is 0 Å². The van der Waals surface area contributed by atoms with Gasteiger partial charge in [0, 0.05) is 11.6 Å². The molecular weight excluding hydrogens is 644 g/mol. The van der Waals surface area contributed by atoms with Crippen LogP contribution < -0.4 is 19.6 Å². The number of amides is 1. The molecule has 0 saturated carbocycles. The van der Waals surface area contributed by atoms with Gasteiger partial charge in [0.2, 0.25) is 5.75 Å². The monoisotopic (exact) mass is 664 g/mol. The highest BCUT2D eigenvalue weighted by Gasteiger charge is 2.23. The number of hydrogen-bond donors (Lipinski definition) is 1. The van der Waals surface area contributed by atoms with Crippen molar-refractivity contribution in [3.63, 3.8) is 0 Å². The number of carbonyl (C=O) groups is 1.